The fourth-order valence-electron chi connectivity index (χ4n) is 2.47. The molecule has 22 heavy (non-hydrogen) atoms. The quantitative estimate of drug-likeness (QED) is 0.437. The van der Waals surface area contributed by atoms with Crippen LogP contribution >= 0.6 is 23.2 Å². The monoisotopic (exact) mass is 333 g/mol. The predicted molar refractivity (Wildman–Crippen MR) is 89.2 cm³/mol. The number of nitrogens with zero attached hydrogens (tertiary/aromatic N) is 1. The summed E-state index contributed by atoms with van der Waals surface area (Å²) in [5, 5.41) is 1.88. The highest BCUT2D eigenvalue weighted by atomic mass is 35.5. The Bertz CT molecular complexity index is 858. The van der Waals surface area contributed by atoms with E-state index in [0.29, 0.717) is 22.2 Å². The van der Waals surface area contributed by atoms with Crippen molar-refractivity contribution in [1.82, 2.24) is 9.99 Å². The summed E-state index contributed by atoms with van der Waals surface area (Å²) in [5.41, 5.74) is 4.66. The SMILES string of the molecule is NNC(=O)c1cn(Cc2ccc(Cl)c(Cl)c2)c2ccccc12. The molecule has 0 saturated heterocycles. The summed E-state index contributed by atoms with van der Waals surface area (Å²) in [6, 6.07) is 13.2. The number of aromatic nitrogens is 1. The third kappa shape index (κ3) is 2.68. The second-order valence-corrected chi connectivity index (χ2v) is 5.72. The van der Waals surface area contributed by atoms with Crippen LogP contribution < -0.4 is 11.3 Å². The normalized spacial score (nSPS) is 10.9. The molecule has 1 amide bonds. The van der Waals surface area contributed by atoms with Crippen LogP contribution in [0.4, 0.5) is 0 Å². The van der Waals surface area contributed by atoms with Crippen LogP contribution in [0.5, 0.6) is 0 Å². The number of hydrazine groups is 1. The van der Waals surface area contributed by atoms with E-state index in [9.17, 15) is 4.79 Å². The van der Waals surface area contributed by atoms with Gasteiger partial charge in [0.1, 0.15) is 0 Å². The average Bonchev–Trinajstić information content (AvgIpc) is 2.89. The van der Waals surface area contributed by atoms with E-state index in [0.717, 1.165) is 16.5 Å². The highest BCUT2D eigenvalue weighted by Gasteiger charge is 2.14. The van der Waals surface area contributed by atoms with Crippen LogP contribution in [0.3, 0.4) is 0 Å². The van der Waals surface area contributed by atoms with Gasteiger partial charge in [0, 0.05) is 23.6 Å². The number of para-hydroxylation sites is 1. The Balaban J connectivity index is 2.07. The zero-order valence-corrected chi connectivity index (χ0v) is 13.0. The summed E-state index contributed by atoms with van der Waals surface area (Å²) in [6.45, 7) is 0.579. The molecule has 1 heterocycles. The van der Waals surface area contributed by atoms with Gasteiger partial charge >= 0.3 is 0 Å². The lowest BCUT2D eigenvalue weighted by atomic mass is 10.2. The van der Waals surface area contributed by atoms with E-state index in [1.807, 2.05) is 41.0 Å². The fourth-order valence-corrected chi connectivity index (χ4v) is 2.79. The van der Waals surface area contributed by atoms with Crippen LogP contribution in [0.25, 0.3) is 10.9 Å². The molecule has 3 aromatic rings. The van der Waals surface area contributed by atoms with Gasteiger partial charge in [0.15, 0.2) is 0 Å². The number of benzene rings is 2. The van der Waals surface area contributed by atoms with Gasteiger partial charge < -0.3 is 4.57 Å². The van der Waals surface area contributed by atoms with E-state index in [1.54, 1.807) is 12.3 Å². The maximum absolute atomic E-state index is 11.9. The number of halogens is 2. The second kappa shape index (κ2) is 6.01. The molecule has 3 rings (SSSR count). The Hall–Kier alpha value is -2.01. The number of hydrogen-bond acceptors (Lipinski definition) is 2. The zero-order chi connectivity index (χ0) is 15.7. The van der Waals surface area contributed by atoms with Crippen molar-refractivity contribution in [2.45, 2.75) is 6.54 Å². The number of hydrogen-bond donors (Lipinski definition) is 2. The molecular weight excluding hydrogens is 321 g/mol. The fraction of sp³-hybridized carbons (Fsp3) is 0.0625. The summed E-state index contributed by atoms with van der Waals surface area (Å²) in [5.74, 6) is 4.94. The molecule has 0 aliphatic rings. The largest absolute Gasteiger partial charge is 0.342 e. The van der Waals surface area contributed by atoms with E-state index in [4.69, 9.17) is 29.0 Å². The van der Waals surface area contributed by atoms with Crippen molar-refractivity contribution < 1.29 is 4.79 Å². The molecule has 3 N–H and O–H groups in total. The molecule has 4 nitrogen and oxygen atoms in total. The Morgan fingerprint density at radius 1 is 1.14 bits per heavy atom. The molecular formula is C16H13Cl2N3O. The van der Waals surface area contributed by atoms with Gasteiger partial charge in [-0.1, -0.05) is 47.5 Å². The van der Waals surface area contributed by atoms with E-state index in [-0.39, 0.29) is 5.91 Å². The van der Waals surface area contributed by atoms with Crippen molar-refractivity contribution in [3.63, 3.8) is 0 Å². The highest BCUT2D eigenvalue weighted by molar-refractivity contribution is 6.42. The van der Waals surface area contributed by atoms with E-state index in [1.165, 1.54) is 0 Å². The average molecular weight is 334 g/mol. The van der Waals surface area contributed by atoms with Crippen LogP contribution in [0, 0.1) is 0 Å². The first-order valence-electron chi connectivity index (χ1n) is 6.63. The first-order valence-corrected chi connectivity index (χ1v) is 7.38. The van der Waals surface area contributed by atoms with Crippen molar-refractivity contribution in [3.8, 4) is 0 Å². The number of nitrogens with one attached hydrogen (secondary N) is 1. The van der Waals surface area contributed by atoms with Crippen molar-refractivity contribution in [3.05, 3.63) is 69.8 Å². The third-order valence-corrected chi connectivity index (χ3v) is 4.24. The maximum atomic E-state index is 11.9. The molecule has 0 unspecified atom stereocenters. The second-order valence-electron chi connectivity index (χ2n) is 4.91. The van der Waals surface area contributed by atoms with Gasteiger partial charge in [-0.25, -0.2) is 5.84 Å². The van der Waals surface area contributed by atoms with Crippen LogP contribution in [0.2, 0.25) is 10.0 Å². The lowest BCUT2D eigenvalue weighted by molar-refractivity contribution is 0.0955. The molecule has 0 saturated carbocycles. The minimum atomic E-state index is -0.316. The van der Waals surface area contributed by atoms with Crippen molar-refractivity contribution in [2.75, 3.05) is 0 Å². The predicted octanol–water partition coefficient (Wildman–Crippen LogP) is 3.60. The van der Waals surface area contributed by atoms with E-state index in [2.05, 4.69) is 5.43 Å². The number of nitrogen functional groups attached to an aromatic ring is 1. The lowest BCUT2D eigenvalue weighted by Gasteiger charge is -2.06. The summed E-state index contributed by atoms with van der Waals surface area (Å²) >= 11 is 12.0. The standard InChI is InChI=1S/C16H13Cl2N3O/c17-13-6-5-10(7-14(13)18)8-21-9-12(16(22)20-19)11-3-1-2-4-15(11)21/h1-7,9H,8,19H2,(H,20,22). The van der Waals surface area contributed by atoms with Crippen LogP contribution in [0.15, 0.2) is 48.7 Å². The van der Waals surface area contributed by atoms with Crippen LogP contribution in [-0.4, -0.2) is 10.5 Å². The molecule has 0 aliphatic carbocycles. The number of carbonyl (C=O) groups is 1. The molecule has 0 spiro atoms. The summed E-state index contributed by atoms with van der Waals surface area (Å²) in [4.78, 5) is 11.9. The van der Waals surface area contributed by atoms with Gasteiger partial charge in [-0.15, -0.1) is 0 Å². The number of fused-ring (bicyclic) bond motifs is 1. The summed E-state index contributed by atoms with van der Waals surface area (Å²) in [7, 11) is 0. The van der Waals surface area contributed by atoms with Gasteiger partial charge in [0.2, 0.25) is 0 Å². The molecule has 112 valence electrons. The number of amides is 1. The van der Waals surface area contributed by atoms with Gasteiger partial charge in [-0.2, -0.15) is 0 Å². The first-order chi connectivity index (χ1) is 10.6. The minimum Gasteiger partial charge on any atom is -0.342 e. The molecule has 0 atom stereocenters. The molecule has 0 aliphatic heterocycles. The topological polar surface area (TPSA) is 60.0 Å². The first kappa shape index (κ1) is 14.9. The molecule has 6 heteroatoms. The summed E-state index contributed by atoms with van der Waals surface area (Å²) in [6.07, 6.45) is 1.79. The minimum absolute atomic E-state index is 0.316. The lowest BCUT2D eigenvalue weighted by Crippen LogP contribution is -2.29. The highest BCUT2D eigenvalue weighted by Crippen LogP contribution is 2.25. The number of carbonyl (C=O) groups excluding carboxylic acids is 1. The van der Waals surface area contributed by atoms with Crippen molar-refractivity contribution in [1.29, 1.82) is 0 Å². The Morgan fingerprint density at radius 3 is 2.64 bits per heavy atom. The van der Waals surface area contributed by atoms with Crippen molar-refractivity contribution >= 4 is 40.0 Å². The molecule has 0 bridgehead atoms. The molecule has 1 aromatic heterocycles. The van der Waals surface area contributed by atoms with Crippen molar-refractivity contribution in [2.24, 2.45) is 5.84 Å². The van der Waals surface area contributed by atoms with Gasteiger partial charge in [-0.05, 0) is 23.8 Å². The summed E-state index contributed by atoms with van der Waals surface area (Å²) < 4.78 is 1.99. The zero-order valence-electron chi connectivity index (χ0n) is 11.5. The van der Waals surface area contributed by atoms with Crippen LogP contribution in [-0.2, 0) is 6.54 Å². The van der Waals surface area contributed by atoms with Crippen LogP contribution in [0.1, 0.15) is 15.9 Å². The Labute approximate surface area is 137 Å². The molecule has 2 aromatic carbocycles. The third-order valence-electron chi connectivity index (χ3n) is 3.50. The Morgan fingerprint density at radius 2 is 1.91 bits per heavy atom. The smallest absolute Gasteiger partial charge is 0.267 e. The number of nitrogens with two attached hydrogens (primary N) is 1. The van der Waals surface area contributed by atoms with E-state index >= 15 is 0 Å². The molecule has 0 radical (unpaired) electrons. The van der Waals surface area contributed by atoms with Gasteiger partial charge in [0.25, 0.3) is 5.91 Å². The van der Waals surface area contributed by atoms with Gasteiger partial charge in [0.05, 0.1) is 15.6 Å². The van der Waals surface area contributed by atoms with E-state index < -0.39 is 0 Å². The maximum Gasteiger partial charge on any atom is 0.267 e. The number of rotatable bonds is 3. The Kier molecular flexibility index (Phi) is 4.07. The van der Waals surface area contributed by atoms with Gasteiger partial charge in [-0.3, -0.25) is 10.2 Å². The molecule has 0 fully saturated rings.